The van der Waals surface area contributed by atoms with Gasteiger partial charge in [-0.2, -0.15) is 0 Å². The summed E-state index contributed by atoms with van der Waals surface area (Å²) < 4.78 is 68.7. The highest BCUT2D eigenvalue weighted by Crippen LogP contribution is 2.45. The number of phosphoric acid groups is 2. The molecule has 3 N–H and O–H groups in total. The Labute approximate surface area is 607 Å². The van der Waals surface area contributed by atoms with E-state index in [0.717, 1.165) is 114 Å². The molecular formula is C80H156O17P2. The van der Waals surface area contributed by atoms with Crippen LogP contribution in [0.3, 0.4) is 0 Å². The Morgan fingerprint density at radius 2 is 0.515 bits per heavy atom. The zero-order valence-corrected chi connectivity index (χ0v) is 66.8. The molecule has 0 aliphatic rings. The van der Waals surface area contributed by atoms with Gasteiger partial charge in [-0.05, 0) is 43.4 Å². The van der Waals surface area contributed by atoms with Crippen LogP contribution < -0.4 is 0 Å². The minimum Gasteiger partial charge on any atom is -0.462 e. The first-order chi connectivity index (χ1) is 47.8. The Kier molecular flexibility index (Phi) is 69.0. The van der Waals surface area contributed by atoms with Gasteiger partial charge in [0.25, 0.3) is 0 Å². The van der Waals surface area contributed by atoms with E-state index in [1.165, 1.54) is 218 Å². The number of carbonyl (C=O) groups is 4. The first-order valence-electron chi connectivity index (χ1n) is 41.4. The monoisotopic (exact) mass is 1450 g/mol. The van der Waals surface area contributed by atoms with Gasteiger partial charge in [0, 0.05) is 25.7 Å². The highest BCUT2D eigenvalue weighted by atomic mass is 31.2. The quantitative estimate of drug-likeness (QED) is 0.0222. The fraction of sp³-hybridized carbons (Fsp3) is 0.950. The molecule has 0 heterocycles. The van der Waals surface area contributed by atoms with Gasteiger partial charge in [0.15, 0.2) is 12.2 Å². The number of esters is 4. The molecule has 0 rings (SSSR count). The van der Waals surface area contributed by atoms with Crippen LogP contribution in [0.4, 0.5) is 0 Å². The zero-order valence-electron chi connectivity index (χ0n) is 65.0. The van der Waals surface area contributed by atoms with E-state index in [1.807, 2.05) is 0 Å². The topological polar surface area (TPSA) is 237 Å². The SMILES string of the molecule is CCCCCCCCCCCCCCCCCCCCC(=O)O[C@H](COC(=O)CCCCCCCCCCCCCCCCC(C)C)COP(=O)(O)OC[C@@H](O)COP(=O)(O)OC[C@@H](COC(=O)CCCCCCCCC(C)CC)OC(=O)CCCCCCCCCCCCC(C)CC. The van der Waals surface area contributed by atoms with Gasteiger partial charge in [-0.3, -0.25) is 37.3 Å². The van der Waals surface area contributed by atoms with Gasteiger partial charge in [-0.1, -0.05) is 363 Å². The van der Waals surface area contributed by atoms with E-state index >= 15 is 0 Å². The molecule has 19 heteroatoms. The van der Waals surface area contributed by atoms with Crippen molar-refractivity contribution in [1.29, 1.82) is 0 Å². The lowest BCUT2D eigenvalue weighted by atomic mass is 9.99. The van der Waals surface area contributed by atoms with Crippen LogP contribution >= 0.6 is 15.6 Å². The average Bonchev–Trinajstić information content (AvgIpc) is 1.13. The molecule has 0 aromatic carbocycles. The van der Waals surface area contributed by atoms with Crippen LogP contribution in [-0.2, 0) is 65.4 Å². The number of phosphoric ester groups is 2. The van der Waals surface area contributed by atoms with Gasteiger partial charge in [0.1, 0.15) is 19.3 Å². The van der Waals surface area contributed by atoms with E-state index < -0.39 is 97.5 Å². The van der Waals surface area contributed by atoms with Gasteiger partial charge in [0.2, 0.25) is 0 Å². The second kappa shape index (κ2) is 70.4. The minimum absolute atomic E-state index is 0.105. The van der Waals surface area contributed by atoms with Crippen LogP contribution in [-0.4, -0.2) is 96.7 Å². The van der Waals surface area contributed by atoms with E-state index in [9.17, 15) is 43.2 Å². The Hall–Kier alpha value is -1.94. The van der Waals surface area contributed by atoms with Crippen molar-refractivity contribution < 1.29 is 80.2 Å². The van der Waals surface area contributed by atoms with Crippen molar-refractivity contribution in [1.82, 2.24) is 0 Å². The molecule has 99 heavy (non-hydrogen) atoms. The Balaban J connectivity index is 5.25. The number of unbranched alkanes of at least 4 members (excludes halogenated alkanes) is 44. The van der Waals surface area contributed by atoms with Gasteiger partial charge in [-0.25, -0.2) is 9.13 Å². The van der Waals surface area contributed by atoms with Crippen LogP contribution in [0.2, 0.25) is 0 Å². The van der Waals surface area contributed by atoms with E-state index in [2.05, 4.69) is 48.5 Å². The van der Waals surface area contributed by atoms with Crippen LogP contribution in [0.15, 0.2) is 0 Å². The number of hydrogen-bond donors (Lipinski definition) is 3. The summed E-state index contributed by atoms with van der Waals surface area (Å²) in [6.45, 7) is 11.9. The normalized spacial score (nSPS) is 14.5. The van der Waals surface area contributed by atoms with Crippen LogP contribution in [0, 0.1) is 17.8 Å². The maximum absolute atomic E-state index is 13.1. The lowest BCUT2D eigenvalue weighted by molar-refractivity contribution is -0.161. The van der Waals surface area contributed by atoms with Gasteiger partial charge >= 0.3 is 39.5 Å². The van der Waals surface area contributed by atoms with Gasteiger partial charge < -0.3 is 33.8 Å². The van der Waals surface area contributed by atoms with Gasteiger partial charge in [-0.15, -0.1) is 0 Å². The molecule has 7 atom stereocenters. The first-order valence-corrected chi connectivity index (χ1v) is 44.4. The summed E-state index contributed by atoms with van der Waals surface area (Å²) in [5, 5.41) is 10.6. The number of aliphatic hydroxyl groups excluding tert-OH is 1. The molecule has 0 radical (unpaired) electrons. The summed E-state index contributed by atoms with van der Waals surface area (Å²) in [5.41, 5.74) is 0. The zero-order chi connectivity index (χ0) is 73.0. The number of hydrogen-bond acceptors (Lipinski definition) is 15. The summed E-state index contributed by atoms with van der Waals surface area (Å²) in [6.07, 6.45) is 58.2. The molecule has 0 aliphatic heterocycles. The molecule has 0 bridgehead atoms. The van der Waals surface area contributed by atoms with Crippen molar-refractivity contribution in [3.63, 3.8) is 0 Å². The van der Waals surface area contributed by atoms with E-state index in [1.54, 1.807) is 0 Å². The number of rotatable bonds is 78. The third kappa shape index (κ3) is 71.5. The molecule has 0 aromatic rings. The number of carbonyl (C=O) groups excluding carboxylic acids is 4. The molecule has 0 saturated heterocycles. The summed E-state index contributed by atoms with van der Waals surface area (Å²) in [5.74, 6) is 0.220. The lowest BCUT2D eigenvalue weighted by Gasteiger charge is -2.21. The Bertz CT molecular complexity index is 1930. The van der Waals surface area contributed by atoms with Gasteiger partial charge in [0.05, 0.1) is 26.4 Å². The van der Waals surface area contributed by atoms with Crippen molar-refractivity contribution in [3.8, 4) is 0 Å². The smallest absolute Gasteiger partial charge is 0.462 e. The Morgan fingerprint density at radius 3 is 0.768 bits per heavy atom. The van der Waals surface area contributed by atoms with E-state index in [0.29, 0.717) is 25.7 Å². The lowest BCUT2D eigenvalue weighted by Crippen LogP contribution is -2.30. The molecular weight excluding hydrogens is 1290 g/mol. The molecule has 17 nitrogen and oxygen atoms in total. The predicted octanol–water partition coefficient (Wildman–Crippen LogP) is 23.7. The molecule has 0 aromatic heterocycles. The molecule has 0 aliphatic carbocycles. The highest BCUT2D eigenvalue weighted by Gasteiger charge is 2.30. The fourth-order valence-corrected chi connectivity index (χ4v) is 13.8. The second-order valence-electron chi connectivity index (χ2n) is 29.8. The molecule has 0 amide bonds. The minimum atomic E-state index is -4.96. The highest BCUT2D eigenvalue weighted by molar-refractivity contribution is 7.47. The largest absolute Gasteiger partial charge is 0.472 e. The summed E-state index contributed by atoms with van der Waals surface area (Å²) in [7, 11) is -9.92. The molecule has 0 fully saturated rings. The summed E-state index contributed by atoms with van der Waals surface area (Å²) in [4.78, 5) is 73.0. The molecule has 4 unspecified atom stereocenters. The van der Waals surface area contributed by atoms with Crippen molar-refractivity contribution in [2.45, 2.75) is 433 Å². The summed E-state index contributed by atoms with van der Waals surface area (Å²) >= 11 is 0. The number of ether oxygens (including phenoxy) is 4. The van der Waals surface area contributed by atoms with Crippen LogP contribution in [0.1, 0.15) is 414 Å². The predicted molar refractivity (Wildman–Crippen MR) is 405 cm³/mol. The van der Waals surface area contributed by atoms with Crippen LogP contribution in [0.25, 0.3) is 0 Å². The fourth-order valence-electron chi connectivity index (χ4n) is 12.2. The third-order valence-electron chi connectivity index (χ3n) is 19.4. The number of aliphatic hydroxyl groups is 1. The second-order valence-corrected chi connectivity index (χ2v) is 32.7. The van der Waals surface area contributed by atoms with Crippen LogP contribution in [0.5, 0.6) is 0 Å². The maximum atomic E-state index is 13.1. The average molecular weight is 1450 g/mol. The van der Waals surface area contributed by atoms with Crippen molar-refractivity contribution in [2.24, 2.45) is 17.8 Å². The Morgan fingerprint density at radius 1 is 0.293 bits per heavy atom. The van der Waals surface area contributed by atoms with E-state index in [4.69, 9.17) is 37.0 Å². The standard InChI is InChI=1S/C80H156O17P2/c1-8-11-12-13-14-15-16-17-18-19-20-21-26-29-35-40-49-56-63-79(84)96-75(67-90-77(82)61-54-47-39-34-28-25-23-22-24-27-32-37-44-51-58-71(4)5)69-94-98(86,87)92-65-74(81)66-93-99(88,89)95-70-76(68-91-78(83)62-55-48-43-42-46-53-60-73(7)10-3)97-80(85)64-57-50-41-36-31-30-33-38-45-52-59-72(6)9-2/h71-76,81H,8-70H2,1-7H3,(H,86,87)(H,88,89)/t72?,73?,74-,75-,76-/m1/s1. The summed E-state index contributed by atoms with van der Waals surface area (Å²) in [6, 6.07) is 0. The van der Waals surface area contributed by atoms with Crippen molar-refractivity contribution in [2.75, 3.05) is 39.6 Å². The molecule has 588 valence electrons. The van der Waals surface area contributed by atoms with Crippen molar-refractivity contribution in [3.05, 3.63) is 0 Å². The third-order valence-corrected chi connectivity index (χ3v) is 21.3. The van der Waals surface area contributed by atoms with Crippen molar-refractivity contribution >= 4 is 39.5 Å². The maximum Gasteiger partial charge on any atom is 0.472 e. The molecule has 0 saturated carbocycles. The first kappa shape index (κ1) is 97.1. The molecule has 0 spiro atoms. The van der Waals surface area contributed by atoms with E-state index in [-0.39, 0.29) is 25.7 Å².